The first kappa shape index (κ1) is 14.7. The third kappa shape index (κ3) is 4.15. The molecule has 0 atom stereocenters. The molecular formula is C15H12Cl2O3. The molecule has 0 fully saturated rings. The average molecular weight is 311 g/mol. The molecule has 0 aliphatic rings. The minimum atomic E-state index is 0.340. The first-order chi connectivity index (χ1) is 9.69. The van der Waals surface area contributed by atoms with Crippen molar-refractivity contribution in [3.63, 3.8) is 0 Å². The topological polar surface area (TPSA) is 35.5 Å². The van der Waals surface area contributed by atoms with Crippen LogP contribution in [0.15, 0.2) is 42.5 Å². The number of hydrogen-bond donors (Lipinski definition) is 0. The van der Waals surface area contributed by atoms with Crippen molar-refractivity contribution in [3.8, 4) is 11.5 Å². The fraction of sp³-hybridized carbons (Fsp3) is 0.133. The first-order valence-electron chi connectivity index (χ1n) is 5.95. The van der Waals surface area contributed by atoms with Gasteiger partial charge in [0.15, 0.2) is 0 Å². The summed E-state index contributed by atoms with van der Waals surface area (Å²) in [5, 5.41) is 1.02. The Labute approximate surface area is 127 Å². The van der Waals surface area contributed by atoms with Crippen molar-refractivity contribution in [1.29, 1.82) is 0 Å². The maximum Gasteiger partial charge on any atom is 0.150 e. The highest BCUT2D eigenvalue weighted by Crippen LogP contribution is 2.27. The maximum atomic E-state index is 10.6. The van der Waals surface area contributed by atoms with Crippen molar-refractivity contribution >= 4 is 29.5 Å². The van der Waals surface area contributed by atoms with Gasteiger partial charge in [-0.1, -0.05) is 35.3 Å². The Kier molecular flexibility index (Phi) is 5.27. The third-order valence-corrected chi connectivity index (χ3v) is 3.03. The smallest absolute Gasteiger partial charge is 0.150 e. The lowest BCUT2D eigenvalue weighted by atomic mass is 10.2. The summed E-state index contributed by atoms with van der Waals surface area (Å²) in [5.41, 5.74) is 0.573. The highest BCUT2D eigenvalue weighted by atomic mass is 35.5. The number of rotatable bonds is 6. The van der Waals surface area contributed by atoms with E-state index in [9.17, 15) is 4.79 Å². The fourth-order valence-electron chi connectivity index (χ4n) is 1.58. The van der Waals surface area contributed by atoms with Gasteiger partial charge < -0.3 is 9.47 Å². The number of carbonyl (C=O) groups is 1. The molecule has 2 aromatic carbocycles. The van der Waals surface area contributed by atoms with Crippen molar-refractivity contribution in [2.75, 3.05) is 13.2 Å². The van der Waals surface area contributed by atoms with Crippen LogP contribution >= 0.6 is 23.2 Å². The van der Waals surface area contributed by atoms with E-state index in [2.05, 4.69) is 0 Å². The number of benzene rings is 2. The number of aldehydes is 1. The molecule has 0 N–H and O–H groups in total. The summed E-state index contributed by atoms with van der Waals surface area (Å²) >= 11 is 11.8. The lowest BCUT2D eigenvalue weighted by Crippen LogP contribution is -2.09. The van der Waals surface area contributed by atoms with Gasteiger partial charge in [-0.15, -0.1) is 0 Å². The van der Waals surface area contributed by atoms with E-state index in [-0.39, 0.29) is 0 Å². The molecule has 0 spiro atoms. The Hall–Kier alpha value is -1.71. The normalized spacial score (nSPS) is 10.1. The Morgan fingerprint density at radius 3 is 2.55 bits per heavy atom. The van der Waals surface area contributed by atoms with Gasteiger partial charge in [-0.25, -0.2) is 0 Å². The fourth-order valence-corrected chi connectivity index (χ4v) is 2.04. The minimum Gasteiger partial charge on any atom is -0.490 e. The molecule has 2 rings (SSSR count). The SMILES string of the molecule is O=Cc1cccc(OCCOc2ccc(Cl)cc2Cl)c1. The van der Waals surface area contributed by atoms with E-state index in [4.69, 9.17) is 32.7 Å². The molecule has 2 aromatic rings. The van der Waals surface area contributed by atoms with Gasteiger partial charge in [-0.2, -0.15) is 0 Å². The highest BCUT2D eigenvalue weighted by molar-refractivity contribution is 6.35. The second-order valence-corrected chi connectivity index (χ2v) is 4.81. The van der Waals surface area contributed by atoms with Crippen LogP contribution in [-0.2, 0) is 0 Å². The van der Waals surface area contributed by atoms with E-state index in [1.165, 1.54) is 0 Å². The molecule has 5 heteroatoms. The summed E-state index contributed by atoms with van der Waals surface area (Å²) in [7, 11) is 0. The quantitative estimate of drug-likeness (QED) is 0.590. The van der Waals surface area contributed by atoms with Crippen LogP contribution in [0.25, 0.3) is 0 Å². The molecule has 0 amide bonds. The predicted octanol–water partition coefficient (Wildman–Crippen LogP) is 4.26. The average Bonchev–Trinajstić information content (AvgIpc) is 2.45. The molecule has 0 aromatic heterocycles. The van der Waals surface area contributed by atoms with Crippen LogP contribution in [-0.4, -0.2) is 19.5 Å². The Balaban J connectivity index is 1.82. The van der Waals surface area contributed by atoms with Crippen molar-refractivity contribution in [2.24, 2.45) is 0 Å². The molecule has 0 aliphatic carbocycles. The lowest BCUT2D eigenvalue weighted by molar-refractivity contribution is 0.112. The standard InChI is InChI=1S/C15H12Cl2O3/c16-12-4-5-15(14(17)9-12)20-7-6-19-13-3-1-2-11(8-13)10-18/h1-5,8-10H,6-7H2. The lowest BCUT2D eigenvalue weighted by Gasteiger charge is -2.10. The zero-order valence-corrected chi connectivity index (χ0v) is 12.0. The van der Waals surface area contributed by atoms with E-state index in [1.807, 2.05) is 0 Å². The molecule has 0 aliphatic heterocycles. The largest absolute Gasteiger partial charge is 0.490 e. The van der Waals surface area contributed by atoms with Crippen molar-refractivity contribution in [3.05, 3.63) is 58.1 Å². The molecule has 3 nitrogen and oxygen atoms in total. The minimum absolute atomic E-state index is 0.340. The molecule has 0 unspecified atom stereocenters. The Morgan fingerprint density at radius 2 is 1.80 bits per heavy atom. The number of ether oxygens (including phenoxy) is 2. The zero-order valence-electron chi connectivity index (χ0n) is 10.5. The molecule has 0 radical (unpaired) electrons. The van der Waals surface area contributed by atoms with Gasteiger partial charge in [0.1, 0.15) is 31.0 Å². The molecule has 20 heavy (non-hydrogen) atoms. The molecule has 0 saturated carbocycles. The summed E-state index contributed by atoms with van der Waals surface area (Å²) in [4.78, 5) is 10.6. The molecule has 104 valence electrons. The first-order valence-corrected chi connectivity index (χ1v) is 6.70. The van der Waals surface area contributed by atoms with Crippen molar-refractivity contribution < 1.29 is 14.3 Å². The summed E-state index contributed by atoms with van der Waals surface area (Å²) in [6.07, 6.45) is 0.775. The van der Waals surface area contributed by atoms with Crippen LogP contribution in [0.2, 0.25) is 10.0 Å². The van der Waals surface area contributed by atoms with Gasteiger partial charge in [0.2, 0.25) is 0 Å². The monoisotopic (exact) mass is 310 g/mol. The van der Waals surface area contributed by atoms with E-state index in [0.717, 1.165) is 6.29 Å². The molecule has 0 bridgehead atoms. The Bertz CT molecular complexity index is 599. The van der Waals surface area contributed by atoms with Crippen molar-refractivity contribution in [2.45, 2.75) is 0 Å². The summed E-state index contributed by atoms with van der Waals surface area (Å²) in [6.45, 7) is 0.688. The number of hydrogen-bond acceptors (Lipinski definition) is 3. The van der Waals surface area contributed by atoms with Gasteiger partial charge in [0.05, 0.1) is 5.02 Å². The van der Waals surface area contributed by atoms with Crippen LogP contribution in [0.3, 0.4) is 0 Å². The maximum absolute atomic E-state index is 10.6. The zero-order chi connectivity index (χ0) is 14.4. The highest BCUT2D eigenvalue weighted by Gasteiger charge is 2.02. The van der Waals surface area contributed by atoms with Crippen LogP contribution in [0, 0.1) is 0 Å². The third-order valence-electron chi connectivity index (χ3n) is 2.50. The molecule has 0 heterocycles. The number of carbonyl (C=O) groups excluding carboxylic acids is 1. The van der Waals surface area contributed by atoms with Gasteiger partial charge in [0.25, 0.3) is 0 Å². The van der Waals surface area contributed by atoms with E-state index >= 15 is 0 Å². The Morgan fingerprint density at radius 1 is 1.00 bits per heavy atom. The molecule has 0 saturated heterocycles. The number of halogens is 2. The predicted molar refractivity (Wildman–Crippen MR) is 79.3 cm³/mol. The van der Waals surface area contributed by atoms with Gasteiger partial charge in [-0.05, 0) is 30.3 Å². The van der Waals surface area contributed by atoms with E-state index < -0.39 is 0 Å². The van der Waals surface area contributed by atoms with Gasteiger partial charge in [0, 0.05) is 10.6 Å². The van der Waals surface area contributed by atoms with Crippen LogP contribution in [0.4, 0.5) is 0 Å². The molecular weight excluding hydrogens is 299 g/mol. The van der Waals surface area contributed by atoms with Gasteiger partial charge >= 0.3 is 0 Å². The summed E-state index contributed by atoms with van der Waals surface area (Å²) in [6, 6.07) is 12.0. The second kappa shape index (κ2) is 7.17. The second-order valence-electron chi connectivity index (χ2n) is 3.96. The summed E-state index contributed by atoms with van der Waals surface area (Å²) < 4.78 is 11.0. The summed E-state index contributed by atoms with van der Waals surface area (Å²) in [5.74, 6) is 1.18. The van der Waals surface area contributed by atoms with Gasteiger partial charge in [-0.3, -0.25) is 4.79 Å². The van der Waals surface area contributed by atoms with Crippen LogP contribution < -0.4 is 9.47 Å². The van der Waals surface area contributed by atoms with Crippen LogP contribution in [0.5, 0.6) is 11.5 Å². The van der Waals surface area contributed by atoms with E-state index in [0.29, 0.717) is 40.3 Å². The van der Waals surface area contributed by atoms with Crippen molar-refractivity contribution in [1.82, 2.24) is 0 Å². The van der Waals surface area contributed by atoms with Crippen LogP contribution in [0.1, 0.15) is 10.4 Å². The van der Waals surface area contributed by atoms with E-state index in [1.54, 1.807) is 42.5 Å².